The monoisotopic (exact) mass is 484 g/mol. The molecule has 1 fully saturated rings. The van der Waals surface area contributed by atoms with Gasteiger partial charge in [-0.1, -0.05) is 42.6 Å². The zero-order chi connectivity index (χ0) is 24.1. The molecule has 1 aromatic heterocycles. The zero-order valence-corrected chi connectivity index (χ0v) is 19.6. The zero-order valence-electron chi connectivity index (χ0n) is 18.8. The van der Waals surface area contributed by atoms with Crippen LogP contribution in [0.2, 0.25) is 5.02 Å². The van der Waals surface area contributed by atoms with Gasteiger partial charge in [0, 0.05) is 28.7 Å². The van der Waals surface area contributed by atoms with Crippen molar-refractivity contribution in [2.75, 3.05) is 0 Å². The summed E-state index contributed by atoms with van der Waals surface area (Å²) < 4.78 is 14.4. The molecule has 0 saturated heterocycles. The molecule has 0 radical (unpaired) electrons. The molecule has 4 rings (SSSR count). The Bertz CT molecular complexity index is 1150. The van der Waals surface area contributed by atoms with Crippen LogP contribution in [0.1, 0.15) is 38.2 Å². The van der Waals surface area contributed by atoms with E-state index < -0.39 is 17.8 Å². The van der Waals surface area contributed by atoms with Crippen LogP contribution in [-0.2, 0) is 22.7 Å². The van der Waals surface area contributed by atoms with Crippen molar-refractivity contribution in [3.05, 3.63) is 64.9 Å². The molecular weight excluding hydrogens is 459 g/mol. The van der Waals surface area contributed by atoms with Crippen molar-refractivity contribution in [2.24, 2.45) is 0 Å². The third-order valence-corrected chi connectivity index (χ3v) is 6.25. The number of hydrogen-bond donors (Lipinski definition) is 1. The van der Waals surface area contributed by atoms with Gasteiger partial charge < -0.3 is 10.2 Å². The molecule has 0 unspecified atom stereocenters. The number of aromatic nitrogens is 4. The second-order valence-corrected chi connectivity index (χ2v) is 8.87. The maximum Gasteiger partial charge on any atom is 0.247 e. The smallest absolute Gasteiger partial charge is 0.247 e. The molecule has 0 bridgehead atoms. The molecular formula is C24H26ClFN6O2. The van der Waals surface area contributed by atoms with Crippen LogP contribution in [0.5, 0.6) is 0 Å². The first-order valence-electron chi connectivity index (χ1n) is 11.3. The van der Waals surface area contributed by atoms with E-state index >= 15 is 0 Å². The maximum absolute atomic E-state index is 14.4. The van der Waals surface area contributed by atoms with Crippen molar-refractivity contribution in [1.82, 2.24) is 30.4 Å². The molecule has 1 aliphatic carbocycles. The first-order valence-corrected chi connectivity index (χ1v) is 11.7. The number of halogens is 2. The second kappa shape index (κ2) is 10.7. The Hall–Kier alpha value is -3.33. The Kier molecular flexibility index (Phi) is 7.52. The second-order valence-electron chi connectivity index (χ2n) is 8.43. The van der Waals surface area contributed by atoms with E-state index in [1.54, 1.807) is 49.4 Å². The first-order chi connectivity index (χ1) is 16.4. The van der Waals surface area contributed by atoms with Crippen LogP contribution in [0.3, 0.4) is 0 Å². The van der Waals surface area contributed by atoms with E-state index in [9.17, 15) is 14.0 Å². The molecule has 0 aliphatic heterocycles. The topological polar surface area (TPSA) is 93.0 Å². The van der Waals surface area contributed by atoms with Gasteiger partial charge in [-0.2, -0.15) is 4.80 Å². The molecule has 1 atom stereocenters. The van der Waals surface area contributed by atoms with Crippen molar-refractivity contribution >= 4 is 23.4 Å². The quantitative estimate of drug-likeness (QED) is 0.527. The normalized spacial score (nSPS) is 14.7. The number of rotatable bonds is 8. The number of hydrogen-bond acceptors (Lipinski definition) is 5. The highest BCUT2D eigenvalue weighted by Gasteiger charge is 2.29. The molecule has 1 aliphatic rings. The summed E-state index contributed by atoms with van der Waals surface area (Å²) in [7, 11) is 0. The van der Waals surface area contributed by atoms with E-state index in [1.807, 2.05) is 0 Å². The van der Waals surface area contributed by atoms with Gasteiger partial charge >= 0.3 is 0 Å². The molecule has 1 N–H and O–H groups in total. The van der Waals surface area contributed by atoms with E-state index in [4.69, 9.17) is 11.6 Å². The Morgan fingerprint density at radius 2 is 1.88 bits per heavy atom. The molecule has 178 valence electrons. The average molecular weight is 485 g/mol. The standard InChI is InChI=1S/C24H26ClFN6O2/c1-16(24(34)27-20-7-3-4-8-20)31(14-18-6-2-5-9-21(18)26)22(33)15-32-29-23(28-30-32)17-10-12-19(25)13-11-17/h2,5-6,9-13,16,20H,3-4,7-8,14-15H2,1H3,(H,27,34)/t16-/m0/s1. The minimum absolute atomic E-state index is 0.0521. The average Bonchev–Trinajstić information content (AvgIpc) is 3.51. The van der Waals surface area contributed by atoms with Gasteiger partial charge in [-0.25, -0.2) is 4.39 Å². The van der Waals surface area contributed by atoms with Gasteiger partial charge in [-0.05, 0) is 55.3 Å². The lowest BCUT2D eigenvalue weighted by molar-refractivity contribution is -0.141. The summed E-state index contributed by atoms with van der Waals surface area (Å²) in [6, 6.07) is 12.5. The van der Waals surface area contributed by atoms with Gasteiger partial charge in [0.25, 0.3) is 0 Å². The Balaban J connectivity index is 1.51. The summed E-state index contributed by atoms with van der Waals surface area (Å²) in [6.45, 7) is 1.36. The maximum atomic E-state index is 14.4. The van der Waals surface area contributed by atoms with Gasteiger partial charge in [0.1, 0.15) is 18.4 Å². The largest absolute Gasteiger partial charge is 0.352 e. The molecule has 3 aromatic rings. The van der Waals surface area contributed by atoms with Crippen molar-refractivity contribution in [1.29, 1.82) is 0 Å². The Morgan fingerprint density at radius 1 is 1.18 bits per heavy atom. The molecule has 1 saturated carbocycles. The molecule has 34 heavy (non-hydrogen) atoms. The van der Waals surface area contributed by atoms with E-state index in [0.29, 0.717) is 22.0 Å². The van der Waals surface area contributed by atoms with Gasteiger partial charge in [0.15, 0.2) is 0 Å². The van der Waals surface area contributed by atoms with Gasteiger partial charge in [0.05, 0.1) is 0 Å². The number of amides is 2. The van der Waals surface area contributed by atoms with Crippen LogP contribution in [0.4, 0.5) is 4.39 Å². The fourth-order valence-electron chi connectivity index (χ4n) is 4.02. The van der Waals surface area contributed by atoms with Gasteiger partial charge in [-0.3, -0.25) is 9.59 Å². The predicted octanol–water partition coefficient (Wildman–Crippen LogP) is 3.61. The lowest BCUT2D eigenvalue weighted by Crippen LogP contribution is -2.50. The SMILES string of the molecule is C[C@@H](C(=O)NC1CCCC1)N(Cc1ccccc1F)C(=O)Cn1nnc(-c2ccc(Cl)cc2)n1. The molecule has 10 heteroatoms. The lowest BCUT2D eigenvalue weighted by Gasteiger charge is -2.29. The number of carbonyl (C=O) groups is 2. The molecule has 0 spiro atoms. The number of nitrogens with zero attached hydrogens (tertiary/aromatic N) is 5. The summed E-state index contributed by atoms with van der Waals surface area (Å²) in [5.74, 6) is -0.771. The first kappa shape index (κ1) is 23.8. The number of carbonyl (C=O) groups excluding carboxylic acids is 2. The van der Waals surface area contributed by atoms with E-state index in [-0.39, 0.29) is 25.0 Å². The van der Waals surface area contributed by atoms with Gasteiger partial charge in [-0.15, -0.1) is 10.2 Å². The van der Waals surface area contributed by atoms with Crippen molar-refractivity contribution in [3.63, 3.8) is 0 Å². The number of tetrazole rings is 1. The molecule has 8 nitrogen and oxygen atoms in total. The van der Waals surface area contributed by atoms with E-state index in [2.05, 4.69) is 20.7 Å². The summed E-state index contributed by atoms with van der Waals surface area (Å²) >= 11 is 5.92. The van der Waals surface area contributed by atoms with Crippen LogP contribution in [0.15, 0.2) is 48.5 Å². The fraction of sp³-hybridized carbons (Fsp3) is 0.375. The summed E-state index contributed by atoms with van der Waals surface area (Å²) in [5.41, 5.74) is 1.03. The van der Waals surface area contributed by atoms with Crippen molar-refractivity contribution in [2.45, 2.75) is 57.8 Å². The van der Waals surface area contributed by atoms with Gasteiger partial charge in [0.2, 0.25) is 17.6 Å². The van der Waals surface area contributed by atoms with Crippen molar-refractivity contribution in [3.8, 4) is 11.4 Å². The Labute approximate surface area is 202 Å². The highest BCUT2D eigenvalue weighted by molar-refractivity contribution is 6.30. The van der Waals surface area contributed by atoms with E-state index in [1.165, 1.54) is 15.8 Å². The van der Waals surface area contributed by atoms with Crippen LogP contribution < -0.4 is 5.32 Å². The van der Waals surface area contributed by atoms with Crippen LogP contribution in [0.25, 0.3) is 11.4 Å². The third kappa shape index (κ3) is 5.77. The molecule has 1 heterocycles. The highest BCUT2D eigenvalue weighted by Crippen LogP contribution is 2.20. The fourth-order valence-corrected chi connectivity index (χ4v) is 4.15. The molecule has 2 amide bonds. The predicted molar refractivity (Wildman–Crippen MR) is 125 cm³/mol. The van der Waals surface area contributed by atoms with Crippen LogP contribution >= 0.6 is 11.6 Å². The molecule has 2 aromatic carbocycles. The minimum Gasteiger partial charge on any atom is -0.352 e. The summed E-state index contributed by atoms with van der Waals surface area (Å²) in [6.07, 6.45) is 4.00. The number of benzene rings is 2. The Morgan fingerprint density at radius 3 is 2.59 bits per heavy atom. The number of nitrogens with one attached hydrogen (secondary N) is 1. The summed E-state index contributed by atoms with van der Waals surface area (Å²) in [5, 5.41) is 15.9. The summed E-state index contributed by atoms with van der Waals surface area (Å²) in [4.78, 5) is 28.7. The minimum atomic E-state index is -0.799. The van der Waals surface area contributed by atoms with E-state index in [0.717, 1.165) is 25.7 Å². The van der Waals surface area contributed by atoms with Crippen LogP contribution in [-0.4, -0.2) is 49.0 Å². The lowest BCUT2D eigenvalue weighted by atomic mass is 10.1. The highest BCUT2D eigenvalue weighted by atomic mass is 35.5. The van der Waals surface area contributed by atoms with Crippen LogP contribution in [0, 0.1) is 5.82 Å². The third-order valence-electron chi connectivity index (χ3n) is 6.00. The van der Waals surface area contributed by atoms with Crippen molar-refractivity contribution < 1.29 is 14.0 Å².